The topological polar surface area (TPSA) is 97.5 Å². The van der Waals surface area contributed by atoms with Crippen LogP contribution in [-0.2, 0) is 6.54 Å². The largest absolute Gasteiger partial charge is 0.352 e. The summed E-state index contributed by atoms with van der Waals surface area (Å²) in [6.07, 6.45) is 3.85. The van der Waals surface area contributed by atoms with E-state index in [1.807, 2.05) is 20.8 Å². The minimum Gasteiger partial charge on any atom is -0.352 e. The highest BCUT2D eigenvalue weighted by molar-refractivity contribution is 6.07. The van der Waals surface area contributed by atoms with Crippen LogP contribution in [0.5, 0.6) is 0 Å². The number of anilines is 1. The first-order valence-electron chi connectivity index (χ1n) is 9.64. The molecule has 3 rings (SSSR count). The van der Waals surface area contributed by atoms with E-state index < -0.39 is 0 Å². The van der Waals surface area contributed by atoms with Crippen LogP contribution in [0.1, 0.15) is 52.1 Å². The van der Waals surface area contributed by atoms with Crippen LogP contribution in [0.25, 0.3) is 5.52 Å². The molecule has 0 radical (unpaired) electrons. The van der Waals surface area contributed by atoms with Gasteiger partial charge in [0.15, 0.2) is 0 Å². The Kier molecular flexibility index (Phi) is 5.81. The Balaban J connectivity index is 1.96. The zero-order chi connectivity index (χ0) is 21.1. The summed E-state index contributed by atoms with van der Waals surface area (Å²) in [4.78, 5) is 37.7. The van der Waals surface area contributed by atoms with Crippen molar-refractivity contribution < 1.29 is 9.59 Å². The number of hydrogen-bond donors (Lipinski definition) is 2. The maximum atomic E-state index is 12.9. The van der Waals surface area contributed by atoms with E-state index in [0.717, 1.165) is 12.0 Å². The van der Waals surface area contributed by atoms with Gasteiger partial charge in [-0.05, 0) is 50.5 Å². The lowest BCUT2D eigenvalue weighted by Gasteiger charge is -2.10. The van der Waals surface area contributed by atoms with Crippen LogP contribution in [0.4, 0.5) is 5.69 Å². The van der Waals surface area contributed by atoms with E-state index in [1.165, 1.54) is 10.8 Å². The van der Waals surface area contributed by atoms with Crippen LogP contribution >= 0.6 is 0 Å². The molecular weight excluding hydrogens is 370 g/mol. The molecule has 0 saturated carbocycles. The molecule has 8 heteroatoms. The fourth-order valence-electron chi connectivity index (χ4n) is 3.22. The van der Waals surface area contributed by atoms with Gasteiger partial charge in [0.2, 0.25) is 0 Å². The zero-order valence-corrected chi connectivity index (χ0v) is 17.1. The Morgan fingerprint density at radius 2 is 1.90 bits per heavy atom. The lowest BCUT2D eigenvalue weighted by molar-refractivity contribution is 0.0954. The third-order valence-corrected chi connectivity index (χ3v) is 4.81. The average molecular weight is 395 g/mol. The molecule has 2 heterocycles. The normalized spacial score (nSPS) is 10.9. The molecule has 0 atom stereocenters. The first-order chi connectivity index (χ1) is 13.9. The number of fused-ring (bicyclic) bond motifs is 1. The molecule has 0 saturated heterocycles. The Morgan fingerprint density at radius 1 is 1.14 bits per heavy atom. The summed E-state index contributed by atoms with van der Waals surface area (Å²) in [5.41, 5.74) is 3.00. The van der Waals surface area contributed by atoms with Gasteiger partial charge >= 0.3 is 0 Å². The van der Waals surface area contributed by atoms with Gasteiger partial charge in [0.1, 0.15) is 11.8 Å². The predicted molar refractivity (Wildman–Crippen MR) is 112 cm³/mol. The summed E-state index contributed by atoms with van der Waals surface area (Å²) in [7, 11) is 0. The van der Waals surface area contributed by atoms with E-state index in [-0.39, 0.29) is 17.4 Å². The fraction of sp³-hybridized carbons (Fsp3) is 0.333. The minimum atomic E-state index is -0.356. The molecule has 3 aromatic rings. The maximum absolute atomic E-state index is 12.9. The molecule has 1 aromatic carbocycles. The van der Waals surface area contributed by atoms with Gasteiger partial charge < -0.3 is 10.6 Å². The summed E-state index contributed by atoms with van der Waals surface area (Å²) in [6.45, 7) is 8.51. The predicted octanol–water partition coefficient (Wildman–Crippen LogP) is 2.52. The summed E-state index contributed by atoms with van der Waals surface area (Å²) >= 11 is 0. The number of hydrogen-bond acceptors (Lipinski definition) is 4. The molecule has 2 N–H and O–H groups in total. The summed E-state index contributed by atoms with van der Waals surface area (Å²) in [5.74, 6) is -0.556. The molecule has 0 aliphatic heterocycles. The number of aryl methyl sites for hydroxylation is 3. The van der Waals surface area contributed by atoms with E-state index in [9.17, 15) is 14.4 Å². The molecule has 0 aliphatic rings. The number of rotatable bonds is 6. The first kappa shape index (κ1) is 20.3. The molecule has 0 aliphatic carbocycles. The van der Waals surface area contributed by atoms with Crippen molar-refractivity contribution in [1.82, 2.24) is 19.5 Å². The second-order valence-electron chi connectivity index (χ2n) is 6.93. The van der Waals surface area contributed by atoms with Gasteiger partial charge in [-0.1, -0.05) is 13.0 Å². The summed E-state index contributed by atoms with van der Waals surface area (Å²) in [6, 6.07) is 5.15. The Morgan fingerprint density at radius 3 is 2.59 bits per heavy atom. The van der Waals surface area contributed by atoms with E-state index in [0.29, 0.717) is 41.0 Å². The Labute approximate surface area is 168 Å². The quantitative estimate of drug-likeness (QED) is 0.670. The van der Waals surface area contributed by atoms with Crippen LogP contribution < -0.4 is 16.2 Å². The van der Waals surface area contributed by atoms with Gasteiger partial charge in [0.25, 0.3) is 17.4 Å². The Hall–Kier alpha value is -3.42. The second kappa shape index (κ2) is 8.30. The highest BCUT2D eigenvalue weighted by Gasteiger charge is 2.19. The van der Waals surface area contributed by atoms with E-state index in [2.05, 4.69) is 15.7 Å². The average Bonchev–Trinajstić information content (AvgIpc) is 3.03. The zero-order valence-electron chi connectivity index (χ0n) is 17.1. The van der Waals surface area contributed by atoms with Gasteiger partial charge in [-0.15, -0.1) is 0 Å². The number of aromatic nitrogens is 3. The van der Waals surface area contributed by atoms with Gasteiger partial charge in [0, 0.05) is 30.5 Å². The number of carbonyl (C=O) groups is 2. The van der Waals surface area contributed by atoms with Crippen molar-refractivity contribution in [1.29, 1.82) is 0 Å². The highest BCUT2D eigenvalue weighted by Crippen LogP contribution is 2.20. The molecule has 2 amide bonds. The van der Waals surface area contributed by atoms with Crippen molar-refractivity contribution in [2.45, 2.75) is 40.7 Å². The molecule has 8 nitrogen and oxygen atoms in total. The monoisotopic (exact) mass is 395 g/mol. The van der Waals surface area contributed by atoms with Gasteiger partial charge in [-0.3, -0.25) is 19.0 Å². The van der Waals surface area contributed by atoms with Crippen LogP contribution in [0.3, 0.4) is 0 Å². The molecule has 0 spiro atoms. The smallest absolute Gasteiger partial charge is 0.277 e. The van der Waals surface area contributed by atoms with E-state index in [1.54, 1.807) is 35.9 Å². The lowest BCUT2D eigenvalue weighted by atomic mass is 10.1. The molecule has 0 fully saturated rings. The van der Waals surface area contributed by atoms with Gasteiger partial charge in [0.05, 0.1) is 5.56 Å². The number of benzene rings is 1. The number of carbonyl (C=O) groups excluding carboxylic acids is 2. The Bertz CT molecular complexity index is 1140. The van der Waals surface area contributed by atoms with Crippen molar-refractivity contribution in [3.8, 4) is 0 Å². The van der Waals surface area contributed by atoms with Crippen molar-refractivity contribution in [3.63, 3.8) is 0 Å². The van der Waals surface area contributed by atoms with Gasteiger partial charge in [-0.2, -0.15) is 5.10 Å². The standard InChI is InChI=1S/C21H25N5O3/c1-5-9-25-12-23-26-11-16(14(4)18(26)21(25)29)20(28)24-17-10-15(8-7-13(17)3)19(27)22-6-2/h7-8,10-12H,5-6,9H2,1-4H3,(H,22,27)(H,24,28). The van der Waals surface area contributed by atoms with Crippen molar-refractivity contribution in [2.24, 2.45) is 0 Å². The number of amides is 2. The van der Waals surface area contributed by atoms with Crippen LogP contribution in [-0.4, -0.2) is 32.5 Å². The van der Waals surface area contributed by atoms with Gasteiger partial charge in [-0.25, -0.2) is 4.52 Å². The van der Waals surface area contributed by atoms with Crippen molar-refractivity contribution in [2.75, 3.05) is 11.9 Å². The van der Waals surface area contributed by atoms with Crippen LogP contribution in [0.15, 0.2) is 35.5 Å². The molecule has 0 bridgehead atoms. The van der Waals surface area contributed by atoms with Crippen molar-refractivity contribution in [3.05, 3.63) is 63.3 Å². The molecular formula is C21H25N5O3. The van der Waals surface area contributed by atoms with E-state index in [4.69, 9.17) is 0 Å². The maximum Gasteiger partial charge on any atom is 0.277 e. The third kappa shape index (κ3) is 3.91. The molecule has 0 unspecified atom stereocenters. The fourth-order valence-corrected chi connectivity index (χ4v) is 3.22. The second-order valence-corrected chi connectivity index (χ2v) is 6.93. The SMILES string of the molecule is CCCn1cnn2cc(C(=O)Nc3cc(C(=O)NCC)ccc3C)c(C)c2c1=O. The lowest BCUT2D eigenvalue weighted by Crippen LogP contribution is -2.23. The van der Waals surface area contributed by atoms with Crippen LogP contribution in [0, 0.1) is 13.8 Å². The van der Waals surface area contributed by atoms with E-state index >= 15 is 0 Å². The van der Waals surface area contributed by atoms with Crippen molar-refractivity contribution >= 4 is 23.0 Å². The minimum absolute atomic E-state index is 0.173. The number of nitrogens with zero attached hydrogens (tertiary/aromatic N) is 3. The molecule has 2 aromatic heterocycles. The number of nitrogens with one attached hydrogen (secondary N) is 2. The third-order valence-electron chi connectivity index (χ3n) is 4.81. The molecule has 29 heavy (non-hydrogen) atoms. The highest BCUT2D eigenvalue weighted by atomic mass is 16.2. The molecule has 152 valence electrons. The summed E-state index contributed by atoms with van der Waals surface area (Å²) in [5, 5.41) is 9.85. The first-order valence-corrected chi connectivity index (χ1v) is 9.64. The summed E-state index contributed by atoms with van der Waals surface area (Å²) < 4.78 is 2.99. The van der Waals surface area contributed by atoms with Crippen LogP contribution in [0.2, 0.25) is 0 Å².